The maximum atomic E-state index is 12.2. The molecule has 4 rings (SSSR count). The third-order valence-electron chi connectivity index (χ3n) is 4.85. The number of Topliss-reactive ketones (excluding diaryl/α,β-unsaturated/α-hetero) is 1. The summed E-state index contributed by atoms with van der Waals surface area (Å²) in [6.45, 7) is 6.94. The lowest BCUT2D eigenvalue weighted by Crippen LogP contribution is -2.43. The molecule has 0 bridgehead atoms. The highest BCUT2D eigenvalue weighted by molar-refractivity contribution is 5.99. The van der Waals surface area contributed by atoms with E-state index in [4.69, 9.17) is 0 Å². The second-order valence-electron chi connectivity index (χ2n) is 6.73. The standard InChI is InChI=1S/C19H21N7O2/c1-11-14-10-22-19(25-17(14)24-18(28)16(11)12(2)27)23-15-4-3-13(9-21-15)26-7-5-20-6-8-26/h3-4,9-10,20H,5-8H2,1-2H3,(H2,21,22,23,24,25,28). The highest BCUT2D eigenvalue weighted by atomic mass is 16.1. The summed E-state index contributed by atoms with van der Waals surface area (Å²) in [5.41, 5.74) is 1.73. The van der Waals surface area contributed by atoms with Gasteiger partial charge in [-0.2, -0.15) is 4.98 Å². The fraction of sp³-hybridized carbons (Fsp3) is 0.316. The van der Waals surface area contributed by atoms with E-state index in [1.165, 1.54) is 6.92 Å². The molecule has 144 valence electrons. The average Bonchev–Trinajstić information content (AvgIpc) is 2.69. The average molecular weight is 379 g/mol. The van der Waals surface area contributed by atoms with Crippen LogP contribution in [0.5, 0.6) is 0 Å². The molecule has 3 aromatic rings. The van der Waals surface area contributed by atoms with Gasteiger partial charge in [0.05, 0.1) is 17.4 Å². The Morgan fingerprint density at radius 2 is 1.96 bits per heavy atom. The summed E-state index contributed by atoms with van der Waals surface area (Å²) in [7, 11) is 0. The monoisotopic (exact) mass is 379 g/mol. The van der Waals surface area contributed by atoms with Gasteiger partial charge < -0.3 is 20.5 Å². The number of carbonyl (C=O) groups is 1. The summed E-state index contributed by atoms with van der Waals surface area (Å²) in [6, 6.07) is 3.88. The number of nitrogens with one attached hydrogen (secondary N) is 3. The molecule has 1 fully saturated rings. The van der Waals surface area contributed by atoms with E-state index in [9.17, 15) is 9.59 Å². The van der Waals surface area contributed by atoms with Gasteiger partial charge in [0.15, 0.2) is 5.78 Å². The minimum Gasteiger partial charge on any atom is -0.368 e. The number of hydrogen-bond acceptors (Lipinski definition) is 8. The van der Waals surface area contributed by atoms with Crippen molar-refractivity contribution in [3.63, 3.8) is 0 Å². The van der Waals surface area contributed by atoms with Crippen molar-refractivity contribution in [3.8, 4) is 0 Å². The van der Waals surface area contributed by atoms with Crippen molar-refractivity contribution in [2.75, 3.05) is 36.4 Å². The number of anilines is 3. The summed E-state index contributed by atoms with van der Waals surface area (Å²) in [4.78, 5) is 41.9. The maximum Gasteiger partial charge on any atom is 0.260 e. The molecule has 4 heterocycles. The SMILES string of the molecule is CC(=O)c1c(C)c2cnc(Nc3ccc(N4CCNCC4)cn3)nc2[nH]c1=O. The molecule has 0 saturated carbocycles. The third kappa shape index (κ3) is 3.44. The Morgan fingerprint density at radius 1 is 1.18 bits per heavy atom. The van der Waals surface area contributed by atoms with Crippen LogP contribution in [0.1, 0.15) is 22.8 Å². The van der Waals surface area contributed by atoms with Gasteiger partial charge in [0, 0.05) is 37.8 Å². The van der Waals surface area contributed by atoms with Crippen LogP contribution in [-0.2, 0) is 0 Å². The van der Waals surface area contributed by atoms with E-state index in [0.29, 0.717) is 28.4 Å². The second kappa shape index (κ2) is 7.35. The molecule has 3 N–H and O–H groups in total. The normalized spacial score (nSPS) is 14.3. The molecule has 0 atom stereocenters. The van der Waals surface area contributed by atoms with Crippen LogP contribution < -0.4 is 21.1 Å². The lowest BCUT2D eigenvalue weighted by Gasteiger charge is -2.29. The Balaban J connectivity index is 1.59. The number of aryl methyl sites for hydroxylation is 1. The predicted octanol–water partition coefficient (Wildman–Crippen LogP) is 1.38. The molecule has 9 heteroatoms. The number of carbonyl (C=O) groups excluding carboxylic acids is 1. The minimum atomic E-state index is -0.444. The van der Waals surface area contributed by atoms with E-state index in [0.717, 1.165) is 31.9 Å². The number of rotatable bonds is 4. The van der Waals surface area contributed by atoms with Gasteiger partial charge >= 0.3 is 0 Å². The van der Waals surface area contributed by atoms with Gasteiger partial charge in [0.2, 0.25) is 5.95 Å². The number of H-pyrrole nitrogens is 1. The van der Waals surface area contributed by atoms with E-state index in [1.807, 2.05) is 18.3 Å². The predicted molar refractivity (Wildman–Crippen MR) is 108 cm³/mol. The van der Waals surface area contributed by atoms with Crippen molar-refractivity contribution in [1.29, 1.82) is 0 Å². The van der Waals surface area contributed by atoms with Gasteiger partial charge in [-0.3, -0.25) is 9.59 Å². The summed E-state index contributed by atoms with van der Waals surface area (Å²) < 4.78 is 0. The van der Waals surface area contributed by atoms with Crippen LogP contribution in [0.3, 0.4) is 0 Å². The van der Waals surface area contributed by atoms with Gasteiger partial charge in [0.25, 0.3) is 5.56 Å². The number of aromatic amines is 1. The van der Waals surface area contributed by atoms with Crippen LogP contribution in [0.15, 0.2) is 29.3 Å². The molecular formula is C19H21N7O2. The Morgan fingerprint density at radius 3 is 2.64 bits per heavy atom. The number of aromatic nitrogens is 4. The molecular weight excluding hydrogens is 358 g/mol. The second-order valence-corrected chi connectivity index (χ2v) is 6.73. The van der Waals surface area contributed by atoms with E-state index < -0.39 is 5.56 Å². The van der Waals surface area contributed by atoms with Crippen molar-refractivity contribution in [2.45, 2.75) is 13.8 Å². The van der Waals surface area contributed by atoms with E-state index in [1.54, 1.807) is 13.1 Å². The lowest BCUT2D eigenvalue weighted by molar-refractivity contribution is 0.101. The first-order valence-electron chi connectivity index (χ1n) is 9.12. The van der Waals surface area contributed by atoms with Crippen LogP contribution >= 0.6 is 0 Å². The zero-order chi connectivity index (χ0) is 19.7. The molecule has 3 aromatic heterocycles. The molecule has 0 spiro atoms. The number of ketones is 1. The first-order valence-corrected chi connectivity index (χ1v) is 9.12. The first kappa shape index (κ1) is 18.1. The van der Waals surface area contributed by atoms with Gasteiger partial charge in [-0.25, -0.2) is 9.97 Å². The Bertz CT molecular complexity index is 1090. The fourth-order valence-electron chi connectivity index (χ4n) is 3.40. The molecule has 1 aliphatic heterocycles. The Kier molecular flexibility index (Phi) is 4.74. The van der Waals surface area contributed by atoms with Crippen molar-refractivity contribution < 1.29 is 4.79 Å². The largest absolute Gasteiger partial charge is 0.368 e. The third-order valence-corrected chi connectivity index (χ3v) is 4.85. The zero-order valence-electron chi connectivity index (χ0n) is 15.7. The molecule has 0 aliphatic carbocycles. The van der Waals surface area contributed by atoms with Crippen LogP contribution in [-0.4, -0.2) is 51.9 Å². The van der Waals surface area contributed by atoms with Crippen molar-refractivity contribution in [2.24, 2.45) is 0 Å². The highest BCUT2D eigenvalue weighted by Gasteiger charge is 2.15. The molecule has 0 unspecified atom stereocenters. The number of hydrogen-bond donors (Lipinski definition) is 3. The van der Waals surface area contributed by atoms with Gasteiger partial charge in [-0.1, -0.05) is 0 Å². The smallest absolute Gasteiger partial charge is 0.260 e. The molecule has 9 nitrogen and oxygen atoms in total. The summed E-state index contributed by atoms with van der Waals surface area (Å²) in [5.74, 6) is 0.648. The van der Waals surface area contributed by atoms with Gasteiger partial charge in [-0.15, -0.1) is 0 Å². The summed E-state index contributed by atoms with van der Waals surface area (Å²) in [6.07, 6.45) is 3.41. The van der Waals surface area contributed by atoms with Gasteiger partial charge in [0.1, 0.15) is 11.5 Å². The number of fused-ring (bicyclic) bond motifs is 1. The molecule has 1 aliphatic rings. The highest BCUT2D eigenvalue weighted by Crippen LogP contribution is 2.20. The number of pyridine rings is 2. The molecule has 0 aromatic carbocycles. The number of nitrogens with zero attached hydrogens (tertiary/aromatic N) is 4. The lowest BCUT2D eigenvalue weighted by atomic mass is 10.1. The molecule has 0 amide bonds. The fourth-order valence-corrected chi connectivity index (χ4v) is 3.40. The van der Waals surface area contributed by atoms with Crippen LogP contribution in [0, 0.1) is 6.92 Å². The maximum absolute atomic E-state index is 12.2. The van der Waals surface area contributed by atoms with Crippen LogP contribution in [0.4, 0.5) is 17.5 Å². The van der Waals surface area contributed by atoms with Crippen LogP contribution in [0.25, 0.3) is 11.0 Å². The topological polar surface area (TPSA) is 116 Å². The van der Waals surface area contributed by atoms with Crippen molar-refractivity contribution in [1.82, 2.24) is 25.3 Å². The Labute approximate surface area is 161 Å². The minimum absolute atomic E-state index is 0.141. The molecule has 1 saturated heterocycles. The molecule has 0 radical (unpaired) electrons. The molecule has 28 heavy (non-hydrogen) atoms. The van der Waals surface area contributed by atoms with Crippen LogP contribution in [0.2, 0.25) is 0 Å². The number of piperazine rings is 1. The Hall–Kier alpha value is -3.33. The summed E-state index contributed by atoms with van der Waals surface area (Å²) in [5, 5.41) is 7.01. The van der Waals surface area contributed by atoms with E-state index >= 15 is 0 Å². The quantitative estimate of drug-likeness (QED) is 0.582. The summed E-state index contributed by atoms with van der Waals surface area (Å²) >= 11 is 0. The first-order chi connectivity index (χ1) is 13.5. The van der Waals surface area contributed by atoms with E-state index in [2.05, 4.69) is 35.5 Å². The zero-order valence-corrected chi connectivity index (χ0v) is 15.7. The van der Waals surface area contributed by atoms with Crippen molar-refractivity contribution >= 4 is 34.3 Å². The van der Waals surface area contributed by atoms with Crippen molar-refractivity contribution in [3.05, 3.63) is 46.0 Å². The van der Waals surface area contributed by atoms with Gasteiger partial charge in [-0.05, 0) is 31.5 Å². The van der Waals surface area contributed by atoms with E-state index in [-0.39, 0.29) is 11.3 Å².